The van der Waals surface area contributed by atoms with Gasteiger partial charge in [-0.25, -0.2) is 0 Å². The first kappa shape index (κ1) is 15.8. The Balaban J connectivity index is 2.17. The SMILES string of the molecule is CCCNC(Cc1ccncc1Cl)C1(CC)CCCC1. The molecule has 0 saturated heterocycles. The third kappa shape index (κ3) is 3.53. The summed E-state index contributed by atoms with van der Waals surface area (Å²) in [6.45, 7) is 5.67. The van der Waals surface area contributed by atoms with Crippen molar-refractivity contribution in [3.05, 3.63) is 29.0 Å². The van der Waals surface area contributed by atoms with E-state index in [9.17, 15) is 0 Å². The van der Waals surface area contributed by atoms with Gasteiger partial charge in [0.1, 0.15) is 0 Å². The molecule has 1 aliphatic rings. The summed E-state index contributed by atoms with van der Waals surface area (Å²) >= 11 is 6.31. The average Bonchev–Trinajstić information content (AvgIpc) is 2.95. The molecule has 1 saturated carbocycles. The minimum absolute atomic E-state index is 0.460. The second kappa shape index (κ2) is 7.42. The average molecular weight is 295 g/mol. The van der Waals surface area contributed by atoms with Gasteiger partial charge in [-0.1, -0.05) is 38.3 Å². The summed E-state index contributed by atoms with van der Waals surface area (Å²) in [5, 5.41) is 4.61. The topological polar surface area (TPSA) is 24.9 Å². The summed E-state index contributed by atoms with van der Waals surface area (Å²) in [6, 6.07) is 2.61. The van der Waals surface area contributed by atoms with Gasteiger partial charge in [0.25, 0.3) is 0 Å². The van der Waals surface area contributed by atoms with Crippen molar-refractivity contribution in [2.24, 2.45) is 5.41 Å². The highest BCUT2D eigenvalue weighted by Crippen LogP contribution is 2.45. The number of nitrogens with zero attached hydrogens (tertiary/aromatic N) is 1. The van der Waals surface area contributed by atoms with Crippen LogP contribution in [0.1, 0.15) is 57.9 Å². The van der Waals surface area contributed by atoms with Crippen molar-refractivity contribution in [1.82, 2.24) is 10.3 Å². The maximum Gasteiger partial charge on any atom is 0.0621 e. The van der Waals surface area contributed by atoms with E-state index in [0.29, 0.717) is 11.5 Å². The highest BCUT2D eigenvalue weighted by Gasteiger charge is 2.39. The van der Waals surface area contributed by atoms with Gasteiger partial charge in [0.05, 0.1) is 5.02 Å². The number of hydrogen-bond acceptors (Lipinski definition) is 2. The maximum absolute atomic E-state index is 6.31. The predicted octanol–water partition coefficient (Wildman–Crippen LogP) is 4.62. The lowest BCUT2D eigenvalue weighted by Crippen LogP contribution is -2.45. The van der Waals surface area contributed by atoms with Gasteiger partial charge in [-0.3, -0.25) is 4.98 Å². The molecule has 0 bridgehead atoms. The zero-order valence-corrected chi connectivity index (χ0v) is 13.5. The van der Waals surface area contributed by atoms with Crippen LogP contribution in [0.5, 0.6) is 0 Å². The Labute approximate surface area is 128 Å². The first-order valence-corrected chi connectivity index (χ1v) is 8.41. The van der Waals surface area contributed by atoms with Crippen molar-refractivity contribution >= 4 is 11.6 Å². The second-order valence-electron chi connectivity index (χ2n) is 6.10. The van der Waals surface area contributed by atoms with E-state index in [0.717, 1.165) is 18.0 Å². The van der Waals surface area contributed by atoms with E-state index < -0.39 is 0 Å². The monoisotopic (exact) mass is 294 g/mol. The van der Waals surface area contributed by atoms with Gasteiger partial charge in [-0.2, -0.15) is 0 Å². The molecule has 0 radical (unpaired) electrons. The van der Waals surface area contributed by atoms with Gasteiger partial charge in [0, 0.05) is 18.4 Å². The van der Waals surface area contributed by atoms with E-state index in [1.807, 2.05) is 6.20 Å². The molecule has 2 rings (SSSR count). The Hall–Kier alpha value is -0.600. The van der Waals surface area contributed by atoms with Crippen LogP contribution in [-0.4, -0.2) is 17.6 Å². The van der Waals surface area contributed by atoms with Gasteiger partial charge in [-0.05, 0) is 55.7 Å². The molecular formula is C17H27ClN2. The summed E-state index contributed by atoms with van der Waals surface area (Å²) in [5.41, 5.74) is 1.69. The molecule has 0 aliphatic heterocycles. The van der Waals surface area contributed by atoms with Crippen molar-refractivity contribution in [2.45, 2.75) is 64.8 Å². The van der Waals surface area contributed by atoms with Crippen molar-refractivity contribution in [2.75, 3.05) is 6.54 Å². The van der Waals surface area contributed by atoms with Crippen LogP contribution in [0, 0.1) is 5.41 Å². The fourth-order valence-electron chi connectivity index (χ4n) is 3.64. The molecule has 0 aromatic carbocycles. The fourth-order valence-corrected chi connectivity index (χ4v) is 3.84. The fraction of sp³-hybridized carbons (Fsp3) is 0.706. The molecule has 1 fully saturated rings. The Morgan fingerprint density at radius 1 is 1.35 bits per heavy atom. The molecule has 1 N–H and O–H groups in total. The number of rotatable bonds is 7. The second-order valence-corrected chi connectivity index (χ2v) is 6.51. The number of hydrogen-bond donors (Lipinski definition) is 1. The third-order valence-corrected chi connectivity index (χ3v) is 5.30. The minimum Gasteiger partial charge on any atom is -0.313 e. The molecule has 1 unspecified atom stereocenters. The molecule has 1 aliphatic carbocycles. The minimum atomic E-state index is 0.460. The van der Waals surface area contributed by atoms with Gasteiger partial charge < -0.3 is 5.32 Å². The molecule has 20 heavy (non-hydrogen) atoms. The molecule has 3 heteroatoms. The molecule has 1 heterocycles. The van der Waals surface area contributed by atoms with Crippen LogP contribution < -0.4 is 5.32 Å². The molecule has 1 aromatic heterocycles. The van der Waals surface area contributed by atoms with Crippen LogP contribution >= 0.6 is 11.6 Å². The van der Waals surface area contributed by atoms with E-state index in [2.05, 4.69) is 30.2 Å². The lowest BCUT2D eigenvalue weighted by molar-refractivity contribution is 0.184. The largest absolute Gasteiger partial charge is 0.313 e. The van der Waals surface area contributed by atoms with Gasteiger partial charge >= 0.3 is 0 Å². The van der Waals surface area contributed by atoms with E-state index in [1.54, 1.807) is 6.20 Å². The number of nitrogens with one attached hydrogen (secondary N) is 1. The molecular weight excluding hydrogens is 268 g/mol. The van der Waals surface area contributed by atoms with Crippen LogP contribution in [0.15, 0.2) is 18.5 Å². The number of halogens is 1. The van der Waals surface area contributed by atoms with Crippen molar-refractivity contribution in [1.29, 1.82) is 0 Å². The lowest BCUT2D eigenvalue weighted by atomic mass is 9.74. The zero-order valence-electron chi connectivity index (χ0n) is 12.8. The first-order chi connectivity index (χ1) is 9.72. The van der Waals surface area contributed by atoms with Gasteiger partial charge in [0.2, 0.25) is 0 Å². The summed E-state index contributed by atoms with van der Waals surface area (Å²) in [7, 11) is 0. The van der Waals surface area contributed by atoms with Crippen molar-refractivity contribution in [3.63, 3.8) is 0 Å². The van der Waals surface area contributed by atoms with Crippen LogP contribution in [0.4, 0.5) is 0 Å². The van der Waals surface area contributed by atoms with Crippen LogP contribution in [0.2, 0.25) is 5.02 Å². The van der Waals surface area contributed by atoms with E-state index >= 15 is 0 Å². The predicted molar refractivity (Wildman–Crippen MR) is 86.2 cm³/mol. The molecule has 2 nitrogen and oxygen atoms in total. The van der Waals surface area contributed by atoms with Crippen LogP contribution in [0.25, 0.3) is 0 Å². The summed E-state index contributed by atoms with van der Waals surface area (Å²) < 4.78 is 0. The van der Waals surface area contributed by atoms with E-state index in [-0.39, 0.29) is 0 Å². The molecule has 1 atom stereocenters. The Morgan fingerprint density at radius 3 is 2.70 bits per heavy atom. The van der Waals surface area contributed by atoms with E-state index in [4.69, 9.17) is 11.6 Å². The van der Waals surface area contributed by atoms with E-state index in [1.165, 1.54) is 44.1 Å². The Morgan fingerprint density at radius 2 is 2.10 bits per heavy atom. The Kier molecular flexibility index (Phi) is 5.86. The summed E-state index contributed by atoms with van der Waals surface area (Å²) in [6.07, 6.45) is 12.5. The highest BCUT2D eigenvalue weighted by molar-refractivity contribution is 6.31. The molecule has 112 valence electrons. The van der Waals surface area contributed by atoms with Gasteiger partial charge in [0.15, 0.2) is 0 Å². The van der Waals surface area contributed by atoms with Crippen molar-refractivity contribution in [3.8, 4) is 0 Å². The maximum atomic E-state index is 6.31. The summed E-state index contributed by atoms with van der Waals surface area (Å²) in [4.78, 5) is 4.10. The number of pyridine rings is 1. The third-order valence-electron chi connectivity index (χ3n) is 4.96. The Bertz CT molecular complexity index is 413. The van der Waals surface area contributed by atoms with Crippen LogP contribution in [-0.2, 0) is 6.42 Å². The normalized spacial score (nSPS) is 19.1. The lowest BCUT2D eigenvalue weighted by Gasteiger charge is -2.38. The quantitative estimate of drug-likeness (QED) is 0.794. The van der Waals surface area contributed by atoms with Crippen LogP contribution in [0.3, 0.4) is 0 Å². The molecule has 0 spiro atoms. The zero-order chi connectivity index (χ0) is 14.4. The molecule has 1 aromatic rings. The highest BCUT2D eigenvalue weighted by atomic mass is 35.5. The van der Waals surface area contributed by atoms with Gasteiger partial charge in [-0.15, -0.1) is 0 Å². The van der Waals surface area contributed by atoms with Crippen molar-refractivity contribution < 1.29 is 0 Å². The number of aromatic nitrogens is 1. The summed E-state index contributed by atoms with van der Waals surface area (Å²) in [5.74, 6) is 0. The smallest absolute Gasteiger partial charge is 0.0621 e. The first-order valence-electron chi connectivity index (χ1n) is 8.03. The standard InChI is InChI=1S/C17H27ClN2/c1-3-10-20-16(17(4-2)8-5-6-9-17)12-14-7-11-19-13-15(14)18/h7,11,13,16,20H,3-6,8-10,12H2,1-2H3. The molecule has 0 amide bonds.